The number of carbonyl (C=O) groups is 2. The molecule has 0 spiro atoms. The number of benzene rings is 3. The Hall–Kier alpha value is -4.06. The smallest absolute Gasteiger partial charge is 0.337 e. The first-order valence-corrected chi connectivity index (χ1v) is 10.1. The maximum atomic E-state index is 13.0. The van der Waals surface area contributed by atoms with Crippen LogP contribution < -0.4 is 16.0 Å². The molecule has 5 rings (SSSR count). The summed E-state index contributed by atoms with van der Waals surface area (Å²) in [7, 11) is 1.34. The molecule has 6 heteroatoms. The molecule has 0 fully saturated rings. The van der Waals surface area contributed by atoms with Crippen molar-refractivity contribution in [1.29, 1.82) is 0 Å². The van der Waals surface area contributed by atoms with Crippen LogP contribution in [0.5, 0.6) is 0 Å². The molecule has 0 bridgehead atoms. The molecule has 6 nitrogen and oxygen atoms in total. The van der Waals surface area contributed by atoms with Gasteiger partial charge in [0, 0.05) is 23.5 Å². The molecule has 0 radical (unpaired) electrons. The summed E-state index contributed by atoms with van der Waals surface area (Å²) >= 11 is 0. The zero-order valence-electron chi connectivity index (χ0n) is 17.0. The first-order chi connectivity index (χ1) is 15.1. The highest BCUT2D eigenvalue weighted by molar-refractivity contribution is 6.37. The van der Waals surface area contributed by atoms with Crippen LogP contribution in [0.4, 0.5) is 17.1 Å². The van der Waals surface area contributed by atoms with Crippen molar-refractivity contribution in [3.63, 3.8) is 0 Å². The molecular formula is C25H21N3O3. The van der Waals surface area contributed by atoms with Crippen molar-refractivity contribution < 1.29 is 14.3 Å². The first kappa shape index (κ1) is 18.9. The van der Waals surface area contributed by atoms with Crippen molar-refractivity contribution in [2.24, 2.45) is 0 Å². The van der Waals surface area contributed by atoms with E-state index in [1.165, 1.54) is 12.7 Å². The molecule has 2 aliphatic rings. The summed E-state index contributed by atoms with van der Waals surface area (Å²) in [5.41, 5.74) is 7.20. The van der Waals surface area contributed by atoms with Gasteiger partial charge in [0.05, 0.1) is 29.6 Å². The molecule has 0 aliphatic carbocycles. The second kappa shape index (κ2) is 7.65. The number of hydrogen-bond acceptors (Lipinski definition) is 5. The fourth-order valence-electron chi connectivity index (χ4n) is 4.08. The lowest BCUT2D eigenvalue weighted by Gasteiger charge is -2.15. The lowest BCUT2D eigenvalue weighted by atomic mass is 9.99. The van der Waals surface area contributed by atoms with Gasteiger partial charge in [-0.1, -0.05) is 36.4 Å². The van der Waals surface area contributed by atoms with E-state index in [2.05, 4.69) is 28.1 Å². The van der Waals surface area contributed by atoms with Gasteiger partial charge in [-0.05, 0) is 47.9 Å². The van der Waals surface area contributed by atoms with Crippen LogP contribution in [0.1, 0.15) is 27.0 Å². The molecule has 31 heavy (non-hydrogen) atoms. The third-order valence-electron chi connectivity index (χ3n) is 5.58. The molecule has 3 N–H and O–H groups in total. The fourth-order valence-corrected chi connectivity index (χ4v) is 4.08. The van der Waals surface area contributed by atoms with Gasteiger partial charge in [0.15, 0.2) is 0 Å². The van der Waals surface area contributed by atoms with Gasteiger partial charge in [-0.2, -0.15) is 0 Å². The molecule has 3 aromatic rings. The molecule has 0 saturated carbocycles. The van der Waals surface area contributed by atoms with Crippen molar-refractivity contribution in [3.05, 3.63) is 89.0 Å². The van der Waals surface area contributed by atoms with Crippen molar-refractivity contribution in [1.82, 2.24) is 0 Å². The Morgan fingerprint density at radius 2 is 1.81 bits per heavy atom. The largest absolute Gasteiger partial charge is 0.465 e. The van der Waals surface area contributed by atoms with E-state index in [4.69, 9.17) is 4.74 Å². The van der Waals surface area contributed by atoms with E-state index < -0.39 is 5.97 Å². The minimum Gasteiger partial charge on any atom is -0.465 e. The van der Waals surface area contributed by atoms with Crippen molar-refractivity contribution in [3.8, 4) is 0 Å². The number of hydrogen-bond donors (Lipinski definition) is 3. The minimum absolute atomic E-state index is 0.216. The standard InChI is InChI=1S/C25H21N3O3/c1-31-25(30)17-7-9-19-21(14-17)28-24(29)22(19)23(15-5-3-2-4-6-15)27-18-8-10-20-16(13-18)11-12-26-20/h2-10,13-14,26-27H,11-12H2,1H3,(H,28,29)/b23-22-. The van der Waals surface area contributed by atoms with Crippen LogP contribution in [0, 0.1) is 0 Å². The van der Waals surface area contributed by atoms with Crippen LogP contribution in [0.15, 0.2) is 66.7 Å². The summed E-state index contributed by atoms with van der Waals surface area (Å²) in [6, 6.07) is 21.1. The van der Waals surface area contributed by atoms with Crippen LogP contribution >= 0.6 is 0 Å². The Balaban J connectivity index is 1.63. The summed E-state index contributed by atoms with van der Waals surface area (Å²) in [6.07, 6.45) is 0.974. The van der Waals surface area contributed by atoms with Crippen molar-refractivity contribution in [2.75, 3.05) is 29.6 Å². The van der Waals surface area contributed by atoms with Gasteiger partial charge < -0.3 is 20.7 Å². The number of fused-ring (bicyclic) bond motifs is 2. The zero-order valence-corrected chi connectivity index (χ0v) is 17.0. The Labute approximate surface area is 179 Å². The number of amides is 1. The van der Waals surface area contributed by atoms with E-state index in [9.17, 15) is 9.59 Å². The number of anilines is 3. The number of ether oxygens (including phenoxy) is 1. The highest BCUT2D eigenvalue weighted by atomic mass is 16.5. The molecule has 154 valence electrons. The van der Waals surface area contributed by atoms with Crippen LogP contribution in [-0.4, -0.2) is 25.5 Å². The molecule has 0 saturated heterocycles. The molecule has 0 unspecified atom stereocenters. The van der Waals surface area contributed by atoms with Gasteiger partial charge >= 0.3 is 5.97 Å². The molecule has 2 aliphatic heterocycles. The zero-order chi connectivity index (χ0) is 21.4. The van der Waals surface area contributed by atoms with Crippen LogP contribution in [-0.2, 0) is 16.0 Å². The first-order valence-electron chi connectivity index (χ1n) is 10.1. The molecule has 3 aromatic carbocycles. The second-order valence-electron chi connectivity index (χ2n) is 7.50. The Bertz CT molecular complexity index is 1230. The lowest BCUT2D eigenvalue weighted by molar-refractivity contribution is -0.110. The normalized spacial score (nSPS) is 15.5. The summed E-state index contributed by atoms with van der Waals surface area (Å²) in [6.45, 7) is 0.934. The van der Waals surface area contributed by atoms with Crippen molar-refractivity contribution in [2.45, 2.75) is 6.42 Å². The second-order valence-corrected chi connectivity index (χ2v) is 7.50. The molecule has 0 aromatic heterocycles. The van der Waals surface area contributed by atoms with E-state index >= 15 is 0 Å². The maximum Gasteiger partial charge on any atom is 0.337 e. The van der Waals surface area contributed by atoms with E-state index in [1.54, 1.807) is 18.2 Å². The topological polar surface area (TPSA) is 79.5 Å². The Morgan fingerprint density at radius 1 is 0.968 bits per heavy atom. The SMILES string of the molecule is COC(=O)c1ccc2c(c1)NC(=O)/C2=C(\Nc1ccc2c(c1)CCN2)c1ccccc1. The van der Waals surface area contributed by atoms with Gasteiger partial charge in [-0.25, -0.2) is 4.79 Å². The number of carbonyl (C=O) groups excluding carboxylic acids is 2. The quantitative estimate of drug-likeness (QED) is 0.439. The third-order valence-corrected chi connectivity index (χ3v) is 5.58. The highest BCUT2D eigenvalue weighted by Gasteiger charge is 2.29. The van der Waals surface area contributed by atoms with Gasteiger partial charge in [-0.15, -0.1) is 0 Å². The van der Waals surface area contributed by atoms with Gasteiger partial charge in [-0.3, -0.25) is 4.79 Å². The Morgan fingerprint density at radius 3 is 2.61 bits per heavy atom. The van der Waals surface area contributed by atoms with Gasteiger partial charge in [0.2, 0.25) is 0 Å². The van der Waals surface area contributed by atoms with E-state index in [0.717, 1.165) is 35.5 Å². The molecule has 2 heterocycles. The minimum atomic E-state index is -0.442. The molecular weight excluding hydrogens is 390 g/mol. The Kier molecular flexibility index (Phi) is 4.67. The predicted molar refractivity (Wildman–Crippen MR) is 122 cm³/mol. The highest BCUT2D eigenvalue weighted by Crippen LogP contribution is 2.38. The predicted octanol–water partition coefficient (Wildman–Crippen LogP) is 4.37. The van der Waals surface area contributed by atoms with Crippen LogP contribution in [0.3, 0.4) is 0 Å². The average Bonchev–Trinajstić information content (AvgIpc) is 3.40. The summed E-state index contributed by atoms with van der Waals surface area (Å²) < 4.78 is 4.80. The van der Waals surface area contributed by atoms with Crippen LogP contribution in [0.25, 0.3) is 11.3 Å². The number of methoxy groups -OCH3 is 1. The summed E-state index contributed by atoms with van der Waals surface area (Å²) in [5.74, 6) is -0.658. The summed E-state index contributed by atoms with van der Waals surface area (Å²) in [5, 5.41) is 9.74. The fraction of sp³-hybridized carbons (Fsp3) is 0.120. The lowest BCUT2D eigenvalue weighted by Crippen LogP contribution is -2.10. The van der Waals surface area contributed by atoms with Crippen LogP contribution in [0.2, 0.25) is 0 Å². The maximum absolute atomic E-state index is 13.0. The monoisotopic (exact) mass is 411 g/mol. The number of esters is 1. The summed E-state index contributed by atoms with van der Waals surface area (Å²) in [4.78, 5) is 24.9. The van der Waals surface area contributed by atoms with E-state index in [0.29, 0.717) is 22.5 Å². The molecule has 1 amide bonds. The van der Waals surface area contributed by atoms with Gasteiger partial charge in [0.1, 0.15) is 0 Å². The van der Waals surface area contributed by atoms with Gasteiger partial charge in [0.25, 0.3) is 5.91 Å². The van der Waals surface area contributed by atoms with E-state index in [-0.39, 0.29) is 5.91 Å². The average molecular weight is 411 g/mol. The third kappa shape index (κ3) is 3.42. The van der Waals surface area contributed by atoms with E-state index in [1.807, 2.05) is 36.4 Å². The number of nitrogens with one attached hydrogen (secondary N) is 3. The van der Waals surface area contributed by atoms with Crippen molar-refractivity contribution >= 4 is 40.2 Å². The molecule has 0 atom stereocenters. The number of rotatable bonds is 4.